The zero-order chi connectivity index (χ0) is 12.6. The summed E-state index contributed by atoms with van der Waals surface area (Å²) in [6, 6.07) is 0.0986. The summed E-state index contributed by atoms with van der Waals surface area (Å²) in [5.41, 5.74) is -0.451. The van der Waals surface area contributed by atoms with Crippen LogP contribution in [0.2, 0.25) is 0 Å². The van der Waals surface area contributed by atoms with Gasteiger partial charge in [-0.3, -0.25) is 0 Å². The van der Waals surface area contributed by atoms with Crippen molar-refractivity contribution in [2.75, 3.05) is 19.7 Å². The number of amides is 1. The van der Waals surface area contributed by atoms with Gasteiger partial charge in [0.25, 0.3) is 0 Å². The molecule has 0 fully saturated rings. The highest BCUT2D eigenvalue weighted by atomic mass is 16.6. The van der Waals surface area contributed by atoms with Gasteiger partial charge in [0.1, 0.15) is 5.60 Å². The summed E-state index contributed by atoms with van der Waals surface area (Å²) in [6.07, 6.45) is 0.423. The number of alkyl carbamates (subject to hydrolysis) is 1. The summed E-state index contributed by atoms with van der Waals surface area (Å²) in [5, 5.41) is 14.5. The van der Waals surface area contributed by atoms with E-state index in [0.717, 1.165) is 13.0 Å². The molecule has 0 aromatic heterocycles. The second-order valence-corrected chi connectivity index (χ2v) is 4.82. The highest BCUT2D eigenvalue weighted by molar-refractivity contribution is 5.67. The van der Waals surface area contributed by atoms with Gasteiger partial charge in [-0.2, -0.15) is 0 Å². The van der Waals surface area contributed by atoms with E-state index in [2.05, 4.69) is 10.6 Å². The molecule has 5 heteroatoms. The van der Waals surface area contributed by atoms with Crippen molar-refractivity contribution in [2.24, 2.45) is 0 Å². The molecule has 0 aliphatic carbocycles. The number of aliphatic hydroxyl groups excluding tert-OH is 1. The predicted octanol–water partition coefficient (Wildman–Crippen LogP) is 0.872. The first kappa shape index (κ1) is 15.2. The summed E-state index contributed by atoms with van der Waals surface area (Å²) >= 11 is 0. The molecule has 0 aromatic rings. The van der Waals surface area contributed by atoms with Gasteiger partial charge in [0.2, 0.25) is 0 Å². The SMILES string of the molecule is CC(CO)NCCCNC(=O)OC(C)(C)C. The van der Waals surface area contributed by atoms with Crippen molar-refractivity contribution in [3.8, 4) is 0 Å². The van der Waals surface area contributed by atoms with Crippen LogP contribution in [0.4, 0.5) is 4.79 Å². The Hall–Kier alpha value is -0.810. The number of nitrogens with one attached hydrogen (secondary N) is 2. The van der Waals surface area contributed by atoms with Crippen molar-refractivity contribution in [3.63, 3.8) is 0 Å². The molecule has 0 heterocycles. The van der Waals surface area contributed by atoms with Gasteiger partial charge >= 0.3 is 6.09 Å². The van der Waals surface area contributed by atoms with E-state index in [9.17, 15) is 4.79 Å². The van der Waals surface area contributed by atoms with E-state index in [1.54, 1.807) is 0 Å². The predicted molar refractivity (Wildman–Crippen MR) is 63.4 cm³/mol. The Bertz CT molecular complexity index is 202. The second-order valence-electron chi connectivity index (χ2n) is 4.82. The van der Waals surface area contributed by atoms with Crippen LogP contribution in [0.5, 0.6) is 0 Å². The molecule has 0 saturated carbocycles. The van der Waals surface area contributed by atoms with Gasteiger partial charge < -0.3 is 20.5 Å². The highest BCUT2D eigenvalue weighted by Crippen LogP contribution is 2.06. The summed E-state index contributed by atoms with van der Waals surface area (Å²) in [6.45, 7) is 8.85. The molecule has 16 heavy (non-hydrogen) atoms. The van der Waals surface area contributed by atoms with Crippen LogP contribution in [0.3, 0.4) is 0 Å². The zero-order valence-corrected chi connectivity index (χ0v) is 10.7. The molecule has 96 valence electrons. The van der Waals surface area contributed by atoms with Crippen molar-refractivity contribution in [3.05, 3.63) is 0 Å². The average molecular weight is 232 g/mol. The third-order valence-electron chi connectivity index (χ3n) is 1.79. The number of hydrogen-bond donors (Lipinski definition) is 3. The summed E-state index contributed by atoms with van der Waals surface area (Å²) in [5.74, 6) is 0. The Morgan fingerprint density at radius 2 is 2.00 bits per heavy atom. The van der Waals surface area contributed by atoms with Crippen LogP contribution in [-0.4, -0.2) is 42.5 Å². The van der Waals surface area contributed by atoms with Crippen molar-refractivity contribution < 1.29 is 14.6 Å². The van der Waals surface area contributed by atoms with Crippen LogP contribution < -0.4 is 10.6 Å². The summed E-state index contributed by atoms with van der Waals surface area (Å²) in [7, 11) is 0. The number of carbonyl (C=O) groups excluding carboxylic acids is 1. The quantitative estimate of drug-likeness (QED) is 0.594. The average Bonchev–Trinajstić information content (AvgIpc) is 2.14. The van der Waals surface area contributed by atoms with E-state index >= 15 is 0 Å². The second kappa shape index (κ2) is 7.46. The van der Waals surface area contributed by atoms with Crippen LogP contribution in [0, 0.1) is 0 Å². The molecule has 1 unspecified atom stereocenters. The molecule has 0 saturated heterocycles. The van der Waals surface area contributed by atoms with Gasteiger partial charge in [-0.05, 0) is 40.7 Å². The smallest absolute Gasteiger partial charge is 0.407 e. The summed E-state index contributed by atoms with van der Waals surface area (Å²) < 4.78 is 5.08. The normalized spacial score (nSPS) is 13.3. The van der Waals surface area contributed by atoms with Gasteiger partial charge in [-0.15, -0.1) is 0 Å². The number of ether oxygens (including phenoxy) is 1. The van der Waals surface area contributed by atoms with Crippen LogP contribution in [-0.2, 0) is 4.74 Å². The maximum atomic E-state index is 11.2. The Kier molecular flexibility index (Phi) is 7.08. The number of carbonyl (C=O) groups is 1. The first-order valence-electron chi connectivity index (χ1n) is 5.66. The molecule has 1 atom stereocenters. The number of aliphatic hydroxyl groups is 1. The van der Waals surface area contributed by atoms with Crippen molar-refractivity contribution in [1.82, 2.24) is 10.6 Å². The molecule has 0 aromatic carbocycles. The third-order valence-corrected chi connectivity index (χ3v) is 1.79. The first-order chi connectivity index (χ1) is 7.35. The van der Waals surface area contributed by atoms with Gasteiger partial charge in [0.05, 0.1) is 6.61 Å². The minimum atomic E-state index is -0.451. The number of rotatable bonds is 6. The Morgan fingerprint density at radius 1 is 1.38 bits per heavy atom. The maximum absolute atomic E-state index is 11.2. The maximum Gasteiger partial charge on any atom is 0.407 e. The van der Waals surface area contributed by atoms with Crippen LogP contribution >= 0.6 is 0 Å². The van der Waals surface area contributed by atoms with Crippen molar-refractivity contribution >= 4 is 6.09 Å². The van der Waals surface area contributed by atoms with E-state index in [0.29, 0.717) is 6.54 Å². The topological polar surface area (TPSA) is 70.6 Å². The molecule has 0 radical (unpaired) electrons. The summed E-state index contributed by atoms with van der Waals surface area (Å²) in [4.78, 5) is 11.2. The van der Waals surface area contributed by atoms with Crippen molar-refractivity contribution in [2.45, 2.75) is 45.8 Å². The van der Waals surface area contributed by atoms with Gasteiger partial charge in [-0.1, -0.05) is 0 Å². The minimum absolute atomic E-state index is 0.0986. The first-order valence-corrected chi connectivity index (χ1v) is 5.66. The fourth-order valence-corrected chi connectivity index (χ4v) is 1.01. The largest absolute Gasteiger partial charge is 0.444 e. The molecule has 0 aliphatic rings. The highest BCUT2D eigenvalue weighted by Gasteiger charge is 2.15. The molecule has 0 bridgehead atoms. The van der Waals surface area contributed by atoms with E-state index in [1.165, 1.54) is 0 Å². The Balaban J connectivity index is 3.42. The van der Waals surface area contributed by atoms with E-state index in [1.807, 2.05) is 27.7 Å². The molecular weight excluding hydrogens is 208 g/mol. The lowest BCUT2D eigenvalue weighted by Gasteiger charge is -2.19. The minimum Gasteiger partial charge on any atom is -0.444 e. The molecule has 0 rings (SSSR count). The third kappa shape index (κ3) is 9.73. The molecular formula is C11H24N2O3. The number of hydrogen-bond acceptors (Lipinski definition) is 4. The van der Waals surface area contributed by atoms with E-state index < -0.39 is 5.60 Å². The molecule has 0 aliphatic heterocycles. The molecule has 5 nitrogen and oxygen atoms in total. The van der Waals surface area contributed by atoms with E-state index in [4.69, 9.17) is 9.84 Å². The van der Waals surface area contributed by atoms with Crippen LogP contribution in [0.1, 0.15) is 34.1 Å². The van der Waals surface area contributed by atoms with Crippen LogP contribution in [0.25, 0.3) is 0 Å². The zero-order valence-electron chi connectivity index (χ0n) is 10.7. The molecule has 0 spiro atoms. The Morgan fingerprint density at radius 3 is 2.50 bits per heavy atom. The van der Waals surface area contributed by atoms with Crippen LogP contribution in [0.15, 0.2) is 0 Å². The lowest BCUT2D eigenvalue weighted by Crippen LogP contribution is -2.35. The Labute approximate surface area is 97.6 Å². The molecule has 3 N–H and O–H groups in total. The van der Waals surface area contributed by atoms with E-state index in [-0.39, 0.29) is 18.7 Å². The molecule has 1 amide bonds. The monoisotopic (exact) mass is 232 g/mol. The lowest BCUT2D eigenvalue weighted by molar-refractivity contribution is 0.0527. The van der Waals surface area contributed by atoms with Gasteiger partial charge in [-0.25, -0.2) is 4.79 Å². The lowest BCUT2D eigenvalue weighted by atomic mass is 10.2. The fourth-order valence-electron chi connectivity index (χ4n) is 1.01. The standard InChI is InChI=1S/C11H24N2O3/c1-9(8-14)12-6-5-7-13-10(15)16-11(2,3)4/h9,12,14H,5-8H2,1-4H3,(H,13,15). The van der Waals surface area contributed by atoms with Gasteiger partial charge in [0.15, 0.2) is 0 Å². The fraction of sp³-hybridized carbons (Fsp3) is 0.909. The van der Waals surface area contributed by atoms with Crippen molar-refractivity contribution in [1.29, 1.82) is 0 Å². The van der Waals surface area contributed by atoms with Gasteiger partial charge in [0, 0.05) is 12.6 Å².